The molecule has 0 spiro atoms. The molecular formula is C17H35N. The van der Waals surface area contributed by atoms with E-state index >= 15 is 0 Å². The second-order valence-electron chi connectivity index (χ2n) is 6.85. The molecule has 0 radical (unpaired) electrons. The Labute approximate surface area is 115 Å². The van der Waals surface area contributed by atoms with Crippen LogP contribution in [0.5, 0.6) is 0 Å². The van der Waals surface area contributed by atoms with E-state index in [4.69, 9.17) is 0 Å². The lowest BCUT2D eigenvalue weighted by atomic mass is 9.76. The van der Waals surface area contributed by atoms with E-state index in [1.165, 1.54) is 57.8 Å². The van der Waals surface area contributed by atoms with Gasteiger partial charge in [-0.05, 0) is 37.1 Å². The molecule has 1 aliphatic carbocycles. The molecule has 1 fully saturated rings. The molecule has 1 saturated carbocycles. The molecule has 1 rings (SSSR count). The van der Waals surface area contributed by atoms with E-state index in [0.717, 1.165) is 18.5 Å². The highest BCUT2D eigenvalue weighted by Crippen LogP contribution is 2.45. The lowest BCUT2D eigenvalue weighted by Crippen LogP contribution is -2.40. The van der Waals surface area contributed by atoms with Gasteiger partial charge in [0.05, 0.1) is 0 Å². The Morgan fingerprint density at radius 2 is 1.83 bits per heavy atom. The molecule has 1 heteroatoms. The summed E-state index contributed by atoms with van der Waals surface area (Å²) in [5.74, 6) is 0.906. The van der Waals surface area contributed by atoms with Crippen molar-refractivity contribution >= 4 is 0 Å². The number of unbranched alkanes of at least 4 members (excludes halogenated alkanes) is 4. The summed E-state index contributed by atoms with van der Waals surface area (Å²) >= 11 is 0. The van der Waals surface area contributed by atoms with Crippen LogP contribution in [0.2, 0.25) is 0 Å². The van der Waals surface area contributed by atoms with Crippen LogP contribution in [-0.4, -0.2) is 12.6 Å². The van der Waals surface area contributed by atoms with E-state index in [2.05, 4.69) is 33.0 Å². The highest BCUT2D eigenvalue weighted by atomic mass is 14.9. The van der Waals surface area contributed by atoms with E-state index in [1.807, 2.05) is 0 Å². The van der Waals surface area contributed by atoms with Crippen molar-refractivity contribution in [1.29, 1.82) is 0 Å². The van der Waals surface area contributed by atoms with Gasteiger partial charge in [0.15, 0.2) is 0 Å². The molecule has 0 amide bonds. The summed E-state index contributed by atoms with van der Waals surface area (Å²) in [4.78, 5) is 0. The smallest absolute Gasteiger partial charge is 0.0100 e. The predicted octanol–water partition coefficient (Wildman–Crippen LogP) is 5.15. The van der Waals surface area contributed by atoms with Gasteiger partial charge in [-0.3, -0.25) is 0 Å². The highest BCUT2D eigenvalue weighted by molar-refractivity contribution is 4.92. The van der Waals surface area contributed by atoms with Crippen LogP contribution >= 0.6 is 0 Å². The average Bonchev–Trinajstić information content (AvgIpc) is 2.67. The van der Waals surface area contributed by atoms with Gasteiger partial charge in [-0.2, -0.15) is 0 Å². The molecular weight excluding hydrogens is 218 g/mol. The Morgan fingerprint density at radius 1 is 1.11 bits per heavy atom. The first-order valence-electron chi connectivity index (χ1n) is 8.35. The van der Waals surface area contributed by atoms with Gasteiger partial charge in [0.25, 0.3) is 0 Å². The molecule has 0 bridgehead atoms. The molecule has 0 saturated heterocycles. The predicted molar refractivity (Wildman–Crippen MR) is 82.0 cm³/mol. The summed E-state index contributed by atoms with van der Waals surface area (Å²) in [6, 6.07) is 0.772. The van der Waals surface area contributed by atoms with E-state index in [9.17, 15) is 0 Å². The van der Waals surface area contributed by atoms with Crippen LogP contribution in [0.3, 0.4) is 0 Å². The highest BCUT2D eigenvalue weighted by Gasteiger charge is 2.38. The van der Waals surface area contributed by atoms with Crippen LogP contribution in [0.15, 0.2) is 0 Å². The first-order chi connectivity index (χ1) is 8.61. The van der Waals surface area contributed by atoms with Gasteiger partial charge >= 0.3 is 0 Å². The molecule has 0 aromatic carbocycles. The Kier molecular flexibility index (Phi) is 7.29. The van der Waals surface area contributed by atoms with Crippen molar-refractivity contribution in [2.24, 2.45) is 11.3 Å². The maximum Gasteiger partial charge on any atom is 0.0100 e. The maximum atomic E-state index is 3.77. The monoisotopic (exact) mass is 253 g/mol. The van der Waals surface area contributed by atoms with Crippen molar-refractivity contribution in [2.45, 2.75) is 91.5 Å². The average molecular weight is 253 g/mol. The summed E-state index contributed by atoms with van der Waals surface area (Å²) in [6.45, 7) is 10.6. The minimum absolute atomic E-state index is 0.566. The van der Waals surface area contributed by atoms with Gasteiger partial charge in [0.2, 0.25) is 0 Å². The van der Waals surface area contributed by atoms with E-state index in [0.29, 0.717) is 5.41 Å². The van der Waals surface area contributed by atoms with Crippen molar-refractivity contribution in [3.8, 4) is 0 Å². The summed E-state index contributed by atoms with van der Waals surface area (Å²) < 4.78 is 0. The van der Waals surface area contributed by atoms with Crippen LogP contribution in [0, 0.1) is 11.3 Å². The SMILES string of the molecule is CCCCCCCC(NCC)C1CCCC1(C)C. The molecule has 18 heavy (non-hydrogen) atoms. The first kappa shape index (κ1) is 16.0. The fraction of sp³-hybridized carbons (Fsp3) is 1.00. The van der Waals surface area contributed by atoms with E-state index < -0.39 is 0 Å². The van der Waals surface area contributed by atoms with Crippen LogP contribution < -0.4 is 5.32 Å². The Hall–Kier alpha value is -0.0400. The third-order valence-electron chi connectivity index (χ3n) is 4.91. The van der Waals surface area contributed by atoms with Crippen LogP contribution in [0.1, 0.15) is 85.5 Å². The van der Waals surface area contributed by atoms with Gasteiger partial charge in [0, 0.05) is 6.04 Å². The number of hydrogen-bond donors (Lipinski definition) is 1. The van der Waals surface area contributed by atoms with Crippen molar-refractivity contribution in [2.75, 3.05) is 6.54 Å². The van der Waals surface area contributed by atoms with Gasteiger partial charge in [-0.15, -0.1) is 0 Å². The summed E-state index contributed by atoms with van der Waals surface area (Å²) in [7, 11) is 0. The molecule has 2 atom stereocenters. The van der Waals surface area contributed by atoms with Crippen molar-refractivity contribution < 1.29 is 0 Å². The van der Waals surface area contributed by atoms with Crippen molar-refractivity contribution in [3.05, 3.63) is 0 Å². The zero-order chi connectivity index (χ0) is 13.4. The molecule has 1 N–H and O–H groups in total. The summed E-state index contributed by atoms with van der Waals surface area (Å²) in [5.41, 5.74) is 0.566. The molecule has 0 aromatic heterocycles. The number of rotatable bonds is 9. The number of nitrogens with one attached hydrogen (secondary N) is 1. The molecule has 0 aliphatic heterocycles. The molecule has 2 unspecified atom stereocenters. The lowest BCUT2D eigenvalue weighted by Gasteiger charge is -2.35. The van der Waals surface area contributed by atoms with Crippen LogP contribution in [0.4, 0.5) is 0 Å². The second kappa shape index (κ2) is 8.19. The van der Waals surface area contributed by atoms with Crippen molar-refractivity contribution in [1.82, 2.24) is 5.32 Å². The van der Waals surface area contributed by atoms with E-state index in [1.54, 1.807) is 0 Å². The van der Waals surface area contributed by atoms with Crippen molar-refractivity contribution in [3.63, 3.8) is 0 Å². The fourth-order valence-corrected chi connectivity index (χ4v) is 3.78. The Morgan fingerprint density at radius 3 is 2.39 bits per heavy atom. The summed E-state index contributed by atoms with van der Waals surface area (Å²) in [6.07, 6.45) is 12.8. The molecule has 0 heterocycles. The zero-order valence-corrected chi connectivity index (χ0v) is 13.2. The zero-order valence-electron chi connectivity index (χ0n) is 13.2. The molecule has 0 aromatic rings. The quantitative estimate of drug-likeness (QED) is 0.560. The normalized spacial score (nSPS) is 24.3. The Bertz CT molecular complexity index is 210. The molecule has 1 aliphatic rings. The number of hydrogen-bond acceptors (Lipinski definition) is 1. The maximum absolute atomic E-state index is 3.77. The Balaban J connectivity index is 2.35. The first-order valence-corrected chi connectivity index (χ1v) is 8.35. The fourth-order valence-electron chi connectivity index (χ4n) is 3.78. The van der Waals surface area contributed by atoms with Gasteiger partial charge in [-0.1, -0.05) is 66.2 Å². The van der Waals surface area contributed by atoms with Gasteiger partial charge in [-0.25, -0.2) is 0 Å². The lowest BCUT2D eigenvalue weighted by molar-refractivity contribution is 0.188. The summed E-state index contributed by atoms with van der Waals surface area (Å²) in [5, 5.41) is 3.77. The standard InChI is InChI=1S/C17H35N/c1-5-7-8-9-10-13-16(18-6-2)15-12-11-14-17(15,3)4/h15-16,18H,5-14H2,1-4H3. The van der Waals surface area contributed by atoms with E-state index in [-0.39, 0.29) is 0 Å². The van der Waals surface area contributed by atoms with Gasteiger partial charge in [0.1, 0.15) is 0 Å². The van der Waals surface area contributed by atoms with Gasteiger partial charge < -0.3 is 5.32 Å². The minimum atomic E-state index is 0.566. The third-order valence-corrected chi connectivity index (χ3v) is 4.91. The molecule has 108 valence electrons. The molecule has 1 nitrogen and oxygen atoms in total. The van der Waals surface area contributed by atoms with Crippen LogP contribution in [-0.2, 0) is 0 Å². The third kappa shape index (κ3) is 4.91. The largest absolute Gasteiger partial charge is 0.314 e. The van der Waals surface area contributed by atoms with Crippen LogP contribution in [0.25, 0.3) is 0 Å². The second-order valence-corrected chi connectivity index (χ2v) is 6.85. The minimum Gasteiger partial charge on any atom is -0.314 e. The topological polar surface area (TPSA) is 12.0 Å².